The Hall–Kier alpha value is -1.48. The molecule has 2 rings (SSSR count). The van der Waals surface area contributed by atoms with Gasteiger partial charge in [-0.05, 0) is 39.8 Å². The van der Waals surface area contributed by atoms with Gasteiger partial charge in [-0.2, -0.15) is 4.39 Å². The molecule has 0 aliphatic carbocycles. The molecule has 0 atom stereocenters. The van der Waals surface area contributed by atoms with Crippen molar-refractivity contribution < 1.29 is 66.0 Å². The van der Waals surface area contributed by atoms with Crippen molar-refractivity contribution >= 4 is 20.9 Å². The summed E-state index contributed by atoms with van der Waals surface area (Å²) in [4.78, 5) is 18.8. The maximum atomic E-state index is 14.1. The van der Waals surface area contributed by atoms with E-state index in [0.717, 1.165) is 12.1 Å². The summed E-state index contributed by atoms with van der Waals surface area (Å²) in [5.41, 5.74) is -1.05. The number of fused-ring (bicyclic) bond motifs is 1. The van der Waals surface area contributed by atoms with Crippen LogP contribution in [0.2, 0.25) is 0 Å². The number of hydrogen-bond acceptors (Lipinski definition) is 13. The van der Waals surface area contributed by atoms with Gasteiger partial charge in [0, 0.05) is 0 Å². The molecule has 1 aliphatic heterocycles. The minimum Gasteiger partial charge on any atom is -0.458 e. The van der Waals surface area contributed by atoms with Crippen LogP contribution in [0.15, 0.2) is 24.1 Å². The third kappa shape index (κ3) is 5.66. The van der Waals surface area contributed by atoms with E-state index in [1.54, 1.807) is 0 Å². The first-order valence-corrected chi connectivity index (χ1v) is 13.0. The van der Waals surface area contributed by atoms with Crippen molar-refractivity contribution in [2.24, 2.45) is 0 Å². The summed E-state index contributed by atoms with van der Waals surface area (Å²) < 4.78 is 79.5. The van der Waals surface area contributed by atoms with E-state index in [9.17, 15) is 23.0 Å². The van der Waals surface area contributed by atoms with Gasteiger partial charge in [0.15, 0.2) is 11.6 Å². The van der Waals surface area contributed by atoms with Crippen LogP contribution in [-0.4, -0.2) is 36.6 Å². The quantitative estimate of drug-likeness (QED) is 0.184. The van der Waals surface area contributed by atoms with E-state index < -0.39 is 43.4 Å². The highest BCUT2D eigenvalue weighted by Gasteiger charge is 2.72. The predicted molar refractivity (Wildman–Crippen MR) is 110 cm³/mol. The summed E-state index contributed by atoms with van der Waals surface area (Å²) in [5, 5.41) is 10.6. The maximum Gasteiger partial charge on any atom is 0.434 e. The number of halogens is 2. The van der Waals surface area contributed by atoms with Crippen molar-refractivity contribution in [1.82, 2.24) is 0 Å². The van der Waals surface area contributed by atoms with E-state index >= 15 is 0 Å². The first-order chi connectivity index (χ1) is 16.1. The second-order valence-corrected chi connectivity index (χ2v) is 10.3. The molecule has 1 aliphatic rings. The minimum atomic E-state index is -5.32. The molecule has 0 saturated heterocycles. The van der Waals surface area contributed by atoms with Gasteiger partial charge >= 0.3 is 20.3 Å². The maximum absolute atomic E-state index is 14.1. The zero-order valence-corrected chi connectivity index (χ0v) is 20.4. The number of hydrogen-bond donors (Lipinski definition) is 2. The molecule has 34 heavy (non-hydrogen) atoms. The van der Waals surface area contributed by atoms with Gasteiger partial charge in [0.2, 0.25) is 5.82 Å². The van der Waals surface area contributed by atoms with E-state index in [-0.39, 0.29) is 32.1 Å². The topological polar surface area (TPSA) is 149 Å². The van der Waals surface area contributed by atoms with Crippen molar-refractivity contribution in [3.63, 3.8) is 0 Å². The fraction of sp³-hybridized carbons (Fsp3) is 0.529. The molecule has 17 heteroatoms. The van der Waals surface area contributed by atoms with Crippen LogP contribution < -0.4 is 10.1 Å². The Morgan fingerprint density at radius 1 is 0.882 bits per heavy atom. The van der Waals surface area contributed by atoms with E-state index in [0.29, 0.717) is 6.26 Å². The van der Waals surface area contributed by atoms with Gasteiger partial charge < -0.3 is 15.2 Å². The van der Waals surface area contributed by atoms with Gasteiger partial charge in [-0.3, -0.25) is 9.13 Å². The zero-order valence-electron chi connectivity index (χ0n) is 18.6. The monoisotopic (exact) mass is 535 g/mol. The number of benzene rings is 1. The second kappa shape index (κ2) is 12.5. The van der Waals surface area contributed by atoms with Crippen molar-refractivity contribution in [2.75, 3.05) is 31.7 Å². The Morgan fingerprint density at radius 2 is 1.32 bits per heavy atom. The summed E-state index contributed by atoms with van der Waals surface area (Å²) in [6.07, 6.45) is 0.555. The van der Waals surface area contributed by atoms with Gasteiger partial charge in [0.1, 0.15) is 12.0 Å². The van der Waals surface area contributed by atoms with Crippen LogP contribution in [-0.2, 0) is 47.4 Å². The SMILES string of the molecule is CCOOP(=O)(OOCC)C(O)(C1=COc2c(ccc(F)c2F)N1)P(=O)(OOCC)OOCC. The fourth-order valence-electron chi connectivity index (χ4n) is 2.37. The number of anilines is 1. The van der Waals surface area contributed by atoms with Gasteiger partial charge in [0.05, 0.1) is 32.1 Å². The molecule has 194 valence electrons. The lowest BCUT2D eigenvalue weighted by atomic mass is 10.2. The summed E-state index contributed by atoms with van der Waals surface area (Å²) >= 11 is 0. The first kappa shape index (κ1) is 28.8. The Labute approximate surface area is 193 Å². The molecule has 0 bridgehead atoms. The van der Waals surface area contributed by atoms with Gasteiger partial charge in [-0.25, -0.2) is 23.9 Å². The average molecular weight is 535 g/mol. The highest BCUT2D eigenvalue weighted by molar-refractivity contribution is 7.74. The van der Waals surface area contributed by atoms with Crippen LogP contribution >= 0.6 is 15.2 Å². The Kier molecular flexibility index (Phi) is 10.5. The van der Waals surface area contributed by atoms with Crippen LogP contribution in [0.5, 0.6) is 5.75 Å². The van der Waals surface area contributed by atoms with E-state index in [1.165, 1.54) is 27.7 Å². The smallest absolute Gasteiger partial charge is 0.434 e. The van der Waals surface area contributed by atoms with Gasteiger partial charge in [-0.15, -0.1) is 18.7 Å². The standard InChI is InChI=1S/C17H25F2NO12P2/c1-5-25-29-33(22,30-26-6-2)17(21,34(23,31-27-7-3)32-28-8-4)14-11-24-16-13(20-14)10-9-12(18)15(16)19/h9-11,20-21H,5-8H2,1-4H3. The molecule has 1 heterocycles. The second-order valence-electron chi connectivity index (χ2n) is 6.07. The van der Waals surface area contributed by atoms with Crippen LogP contribution in [0.4, 0.5) is 14.5 Å². The largest absolute Gasteiger partial charge is 0.458 e. The molecule has 2 N–H and O–H groups in total. The van der Waals surface area contributed by atoms with E-state index in [2.05, 4.69) is 5.32 Å². The number of ether oxygens (including phenoxy) is 1. The molecule has 0 amide bonds. The molecule has 0 saturated carbocycles. The number of rotatable bonds is 15. The lowest BCUT2D eigenvalue weighted by Gasteiger charge is -2.37. The van der Waals surface area contributed by atoms with Gasteiger partial charge in [0.25, 0.3) is 0 Å². The van der Waals surface area contributed by atoms with Crippen molar-refractivity contribution in [3.05, 3.63) is 35.7 Å². The molecule has 0 spiro atoms. The molecule has 1 aromatic carbocycles. The zero-order chi connectivity index (χ0) is 25.4. The first-order valence-electron chi connectivity index (χ1n) is 9.93. The molecule has 0 fully saturated rings. The normalized spacial score (nSPS) is 14.3. The number of nitrogens with one attached hydrogen (secondary N) is 1. The van der Waals surface area contributed by atoms with E-state index in [4.69, 9.17) is 43.0 Å². The van der Waals surface area contributed by atoms with Crippen molar-refractivity contribution in [3.8, 4) is 5.75 Å². The highest BCUT2D eigenvalue weighted by Crippen LogP contribution is 2.79. The summed E-state index contributed by atoms with van der Waals surface area (Å²) in [6, 6.07) is 1.77. The van der Waals surface area contributed by atoms with Crippen LogP contribution in [0, 0.1) is 11.6 Å². The predicted octanol–water partition coefficient (Wildman–Crippen LogP) is 4.52. The minimum absolute atomic E-state index is 0.214. The van der Waals surface area contributed by atoms with Crippen molar-refractivity contribution in [2.45, 2.75) is 32.8 Å². The van der Waals surface area contributed by atoms with Gasteiger partial charge in [-0.1, -0.05) is 0 Å². The summed E-state index contributed by atoms with van der Waals surface area (Å²) in [6.45, 7) is 4.89. The van der Waals surface area contributed by atoms with Crippen LogP contribution in [0.1, 0.15) is 27.7 Å². The lowest BCUT2D eigenvalue weighted by molar-refractivity contribution is -0.281. The molecule has 1 aromatic rings. The molecular formula is C17H25F2NO12P2. The Balaban J connectivity index is 2.71. The van der Waals surface area contributed by atoms with Crippen LogP contribution in [0.25, 0.3) is 0 Å². The molecule has 0 radical (unpaired) electrons. The van der Waals surface area contributed by atoms with Crippen molar-refractivity contribution in [1.29, 1.82) is 0 Å². The summed E-state index contributed by atoms with van der Waals surface area (Å²) in [7, 11) is -10.6. The molecular weight excluding hydrogens is 510 g/mol. The molecule has 0 unspecified atom stereocenters. The van der Waals surface area contributed by atoms with Crippen LogP contribution in [0.3, 0.4) is 0 Å². The fourth-order valence-corrected chi connectivity index (χ4v) is 6.22. The average Bonchev–Trinajstić information content (AvgIpc) is 2.85. The summed E-state index contributed by atoms with van der Waals surface area (Å²) in [5.74, 6) is -3.23. The van der Waals surface area contributed by atoms with E-state index in [1.807, 2.05) is 0 Å². The third-order valence-corrected chi connectivity index (χ3v) is 8.50. The Morgan fingerprint density at radius 3 is 1.74 bits per heavy atom. The third-order valence-electron chi connectivity index (χ3n) is 3.81. The number of aliphatic hydroxyl groups is 1. The molecule has 13 nitrogen and oxygen atoms in total. The highest BCUT2D eigenvalue weighted by atomic mass is 31.2. The molecule has 0 aromatic heterocycles. The Bertz CT molecular complexity index is 905. The lowest BCUT2D eigenvalue weighted by Crippen LogP contribution is -2.39.